The molecule has 112 valence electrons. The number of hydrogen-bond acceptors (Lipinski definition) is 5. The van der Waals surface area contributed by atoms with Gasteiger partial charge in [0, 0.05) is 29.7 Å². The van der Waals surface area contributed by atoms with Gasteiger partial charge in [-0.15, -0.1) is 11.3 Å². The Morgan fingerprint density at radius 1 is 1.19 bits per heavy atom. The van der Waals surface area contributed by atoms with E-state index >= 15 is 0 Å². The van der Waals surface area contributed by atoms with Crippen LogP contribution < -0.4 is 4.90 Å². The highest BCUT2D eigenvalue weighted by Crippen LogP contribution is 2.28. The maximum atomic E-state index is 5.77. The summed E-state index contributed by atoms with van der Waals surface area (Å²) in [6.07, 6.45) is 2.43. The van der Waals surface area contributed by atoms with Crippen molar-refractivity contribution in [2.45, 2.75) is 39.9 Å². The summed E-state index contributed by atoms with van der Waals surface area (Å²) in [5, 5.41) is 1.10. The fourth-order valence-electron chi connectivity index (χ4n) is 2.87. The number of anilines is 1. The molecule has 0 bridgehead atoms. The Kier molecular flexibility index (Phi) is 3.95. The van der Waals surface area contributed by atoms with Crippen LogP contribution in [0.4, 0.5) is 5.82 Å². The number of aromatic nitrogens is 2. The Bertz CT molecular complexity index is 613. The van der Waals surface area contributed by atoms with E-state index in [0.717, 1.165) is 35.2 Å². The van der Waals surface area contributed by atoms with Gasteiger partial charge in [-0.2, -0.15) is 0 Å². The molecule has 0 spiro atoms. The van der Waals surface area contributed by atoms with Crippen molar-refractivity contribution in [3.8, 4) is 11.3 Å². The molecule has 1 aliphatic heterocycles. The number of nitrogens with zero attached hydrogens (tertiary/aromatic N) is 3. The van der Waals surface area contributed by atoms with E-state index in [2.05, 4.69) is 47.8 Å². The Labute approximate surface area is 129 Å². The molecule has 4 nitrogen and oxygen atoms in total. The lowest BCUT2D eigenvalue weighted by Gasteiger charge is -2.36. The molecule has 2 aromatic heterocycles. The number of morpholine rings is 1. The summed E-state index contributed by atoms with van der Waals surface area (Å²) >= 11 is 1.73. The average molecular weight is 303 g/mol. The Balaban J connectivity index is 1.82. The van der Waals surface area contributed by atoms with Crippen LogP contribution in [0.5, 0.6) is 0 Å². The number of hydrogen-bond donors (Lipinski definition) is 0. The second-order valence-electron chi connectivity index (χ2n) is 5.71. The number of aryl methyl sites for hydroxylation is 2. The van der Waals surface area contributed by atoms with Gasteiger partial charge in [0.15, 0.2) is 0 Å². The molecule has 0 N–H and O–H groups in total. The van der Waals surface area contributed by atoms with Crippen molar-refractivity contribution in [1.82, 2.24) is 9.97 Å². The summed E-state index contributed by atoms with van der Waals surface area (Å²) in [6, 6.07) is 4.21. The van der Waals surface area contributed by atoms with Crippen molar-refractivity contribution in [2.24, 2.45) is 0 Å². The summed E-state index contributed by atoms with van der Waals surface area (Å²) in [5.41, 5.74) is 2.15. The first-order valence-corrected chi connectivity index (χ1v) is 8.15. The maximum Gasteiger partial charge on any atom is 0.128 e. The van der Waals surface area contributed by atoms with Gasteiger partial charge < -0.3 is 9.64 Å². The van der Waals surface area contributed by atoms with Crippen molar-refractivity contribution >= 4 is 17.2 Å². The molecule has 0 aromatic carbocycles. The minimum Gasteiger partial charge on any atom is -0.372 e. The molecule has 1 fully saturated rings. The molecule has 3 heterocycles. The van der Waals surface area contributed by atoms with Crippen LogP contribution in [0.1, 0.15) is 23.7 Å². The quantitative estimate of drug-likeness (QED) is 0.852. The van der Waals surface area contributed by atoms with Crippen LogP contribution >= 0.6 is 11.3 Å². The largest absolute Gasteiger partial charge is 0.372 e. The number of ether oxygens (including phenoxy) is 1. The van der Waals surface area contributed by atoms with Crippen molar-refractivity contribution in [2.75, 3.05) is 18.0 Å². The highest BCUT2D eigenvalue weighted by Gasteiger charge is 2.23. The minimum absolute atomic E-state index is 0.249. The highest BCUT2D eigenvalue weighted by atomic mass is 32.1. The minimum atomic E-state index is 0.249. The summed E-state index contributed by atoms with van der Waals surface area (Å²) in [5.74, 6) is 1.02. The average Bonchev–Trinajstić information content (AvgIpc) is 2.77. The summed E-state index contributed by atoms with van der Waals surface area (Å²) in [7, 11) is 0. The van der Waals surface area contributed by atoms with Gasteiger partial charge in [-0.05, 0) is 39.8 Å². The molecule has 5 heteroatoms. The predicted molar refractivity (Wildman–Crippen MR) is 87.0 cm³/mol. The Hall–Kier alpha value is -1.46. The van der Waals surface area contributed by atoms with Gasteiger partial charge in [0.25, 0.3) is 0 Å². The van der Waals surface area contributed by atoms with E-state index in [1.165, 1.54) is 4.88 Å². The summed E-state index contributed by atoms with van der Waals surface area (Å²) < 4.78 is 5.77. The third kappa shape index (κ3) is 3.09. The zero-order chi connectivity index (χ0) is 15.0. The maximum absolute atomic E-state index is 5.77. The van der Waals surface area contributed by atoms with E-state index < -0.39 is 0 Å². The van der Waals surface area contributed by atoms with Gasteiger partial charge in [-0.3, -0.25) is 0 Å². The van der Waals surface area contributed by atoms with Crippen LogP contribution in [-0.2, 0) is 4.74 Å². The molecule has 0 amide bonds. The lowest BCUT2D eigenvalue weighted by molar-refractivity contribution is -0.00545. The fourth-order valence-corrected chi connectivity index (χ4v) is 3.72. The Morgan fingerprint density at radius 3 is 2.43 bits per heavy atom. The third-order valence-corrected chi connectivity index (χ3v) is 4.55. The van der Waals surface area contributed by atoms with E-state index in [1.807, 2.05) is 13.1 Å². The van der Waals surface area contributed by atoms with Crippen molar-refractivity contribution < 1.29 is 4.74 Å². The number of rotatable bonds is 2. The highest BCUT2D eigenvalue weighted by molar-refractivity contribution is 7.11. The van der Waals surface area contributed by atoms with Crippen molar-refractivity contribution in [1.29, 1.82) is 0 Å². The van der Waals surface area contributed by atoms with Crippen LogP contribution in [0.15, 0.2) is 18.3 Å². The van der Waals surface area contributed by atoms with E-state index in [-0.39, 0.29) is 12.2 Å². The number of thiazole rings is 1. The van der Waals surface area contributed by atoms with Gasteiger partial charge in [0.05, 0.1) is 22.9 Å². The van der Waals surface area contributed by atoms with Crippen LogP contribution in [0, 0.1) is 13.8 Å². The van der Waals surface area contributed by atoms with Crippen LogP contribution in [0.2, 0.25) is 0 Å². The van der Waals surface area contributed by atoms with Crippen LogP contribution in [-0.4, -0.2) is 35.3 Å². The Morgan fingerprint density at radius 2 is 1.90 bits per heavy atom. The third-order valence-electron chi connectivity index (χ3n) is 3.67. The molecular weight excluding hydrogens is 282 g/mol. The zero-order valence-electron chi connectivity index (χ0n) is 13.0. The van der Waals surface area contributed by atoms with Crippen molar-refractivity contribution in [3.05, 3.63) is 28.2 Å². The van der Waals surface area contributed by atoms with E-state index in [9.17, 15) is 0 Å². The van der Waals surface area contributed by atoms with Crippen LogP contribution in [0.25, 0.3) is 11.3 Å². The van der Waals surface area contributed by atoms with Gasteiger partial charge in [-0.1, -0.05) is 0 Å². The molecule has 0 radical (unpaired) electrons. The summed E-state index contributed by atoms with van der Waals surface area (Å²) in [6.45, 7) is 10.2. The molecule has 1 saturated heterocycles. The lowest BCUT2D eigenvalue weighted by Crippen LogP contribution is -2.45. The van der Waals surface area contributed by atoms with Crippen molar-refractivity contribution in [3.63, 3.8) is 0 Å². The second kappa shape index (κ2) is 5.73. The standard InChI is InChI=1S/C16H21N3OS/c1-10-8-19(9-11(2)20-10)15-6-5-14(7-17-15)16-12(3)21-13(4)18-16/h5-7,10-11H,8-9H2,1-4H3/t10-,11+. The second-order valence-corrected chi connectivity index (χ2v) is 7.11. The normalized spacial score (nSPS) is 22.6. The first-order chi connectivity index (χ1) is 10.0. The first-order valence-electron chi connectivity index (χ1n) is 7.34. The molecule has 3 rings (SSSR count). The molecule has 2 aromatic rings. The molecule has 21 heavy (non-hydrogen) atoms. The first kappa shape index (κ1) is 14.5. The summed E-state index contributed by atoms with van der Waals surface area (Å²) in [4.78, 5) is 12.8. The van der Waals surface area contributed by atoms with E-state index in [4.69, 9.17) is 4.74 Å². The van der Waals surface area contributed by atoms with Crippen LogP contribution in [0.3, 0.4) is 0 Å². The van der Waals surface area contributed by atoms with E-state index in [1.54, 1.807) is 11.3 Å². The molecule has 0 saturated carbocycles. The monoisotopic (exact) mass is 303 g/mol. The van der Waals surface area contributed by atoms with E-state index in [0.29, 0.717) is 0 Å². The van der Waals surface area contributed by atoms with Gasteiger partial charge in [-0.25, -0.2) is 9.97 Å². The van der Waals surface area contributed by atoms with Gasteiger partial charge in [0.2, 0.25) is 0 Å². The SMILES string of the molecule is Cc1nc(-c2ccc(N3C[C@@H](C)O[C@@H](C)C3)nc2)c(C)s1. The lowest BCUT2D eigenvalue weighted by atomic mass is 10.2. The zero-order valence-corrected chi connectivity index (χ0v) is 13.8. The predicted octanol–water partition coefficient (Wildman–Crippen LogP) is 3.44. The smallest absolute Gasteiger partial charge is 0.128 e. The van der Waals surface area contributed by atoms with Gasteiger partial charge >= 0.3 is 0 Å². The molecule has 0 unspecified atom stereocenters. The molecule has 2 atom stereocenters. The molecule has 0 aliphatic carbocycles. The number of pyridine rings is 1. The molecular formula is C16H21N3OS. The van der Waals surface area contributed by atoms with Gasteiger partial charge in [0.1, 0.15) is 5.82 Å². The fraction of sp³-hybridized carbons (Fsp3) is 0.500. The topological polar surface area (TPSA) is 38.2 Å². The molecule has 1 aliphatic rings.